The molecule has 1 aromatic carbocycles. The molecule has 2 N–H and O–H groups in total. The summed E-state index contributed by atoms with van der Waals surface area (Å²) >= 11 is 0. The van der Waals surface area contributed by atoms with E-state index in [0.717, 1.165) is 19.3 Å². The summed E-state index contributed by atoms with van der Waals surface area (Å²) in [5.41, 5.74) is 1.91. The summed E-state index contributed by atoms with van der Waals surface area (Å²) < 4.78 is 5.32. The molecule has 1 rings (SSSR count). The van der Waals surface area contributed by atoms with Gasteiger partial charge in [0.05, 0.1) is 12.0 Å². The lowest BCUT2D eigenvalue weighted by molar-refractivity contribution is -0.152. The zero-order valence-electron chi connectivity index (χ0n) is 21.0. The average molecular weight is 455 g/mol. The third kappa shape index (κ3) is 12.1. The second kappa shape index (κ2) is 15.9. The highest BCUT2D eigenvalue weighted by molar-refractivity contribution is 5.82. The molecule has 5 heteroatoms. The number of nitrogens with one attached hydrogen (secondary N) is 2. The Balaban J connectivity index is 2.37. The van der Waals surface area contributed by atoms with E-state index in [0.29, 0.717) is 18.0 Å². The highest BCUT2D eigenvalue weighted by Gasteiger charge is 2.20. The van der Waals surface area contributed by atoms with Crippen molar-refractivity contribution >= 4 is 18.0 Å². The molecule has 33 heavy (non-hydrogen) atoms. The van der Waals surface area contributed by atoms with Gasteiger partial charge in [0.2, 0.25) is 5.91 Å². The molecule has 3 unspecified atom stereocenters. The lowest BCUT2D eigenvalue weighted by Crippen LogP contribution is -2.45. The van der Waals surface area contributed by atoms with E-state index in [9.17, 15) is 9.59 Å². The Morgan fingerprint density at radius 3 is 2.42 bits per heavy atom. The van der Waals surface area contributed by atoms with E-state index in [4.69, 9.17) is 4.74 Å². The predicted molar refractivity (Wildman–Crippen MR) is 137 cm³/mol. The first-order chi connectivity index (χ1) is 15.8. The molecule has 0 aromatic heterocycles. The number of rotatable bonds is 15. The number of hydrogen-bond donors (Lipinski definition) is 2. The minimum atomic E-state index is -0.396. The molecule has 0 heterocycles. The average Bonchev–Trinajstić information content (AvgIpc) is 2.82. The normalized spacial score (nSPS) is 15.1. The summed E-state index contributed by atoms with van der Waals surface area (Å²) in [6, 6.07) is 9.89. The molecule has 0 saturated heterocycles. The molecule has 0 radical (unpaired) electrons. The van der Waals surface area contributed by atoms with Crippen LogP contribution in [0.1, 0.15) is 65.9 Å². The van der Waals surface area contributed by atoms with Crippen molar-refractivity contribution in [3.8, 4) is 0 Å². The summed E-state index contributed by atoms with van der Waals surface area (Å²) in [6.45, 7) is 14.0. The molecule has 1 aromatic rings. The van der Waals surface area contributed by atoms with Gasteiger partial charge < -0.3 is 15.4 Å². The van der Waals surface area contributed by atoms with Gasteiger partial charge in [-0.05, 0) is 50.2 Å². The highest BCUT2D eigenvalue weighted by Crippen LogP contribution is 2.11. The van der Waals surface area contributed by atoms with E-state index in [1.807, 2.05) is 45.0 Å². The van der Waals surface area contributed by atoms with Crippen molar-refractivity contribution < 1.29 is 14.3 Å². The van der Waals surface area contributed by atoms with Crippen molar-refractivity contribution in [2.45, 2.75) is 72.4 Å². The predicted octanol–water partition coefficient (Wildman–Crippen LogP) is 5.65. The topological polar surface area (TPSA) is 67.4 Å². The maximum atomic E-state index is 12.5. The van der Waals surface area contributed by atoms with Gasteiger partial charge in [0.25, 0.3) is 0 Å². The first kappa shape index (κ1) is 28.2. The summed E-state index contributed by atoms with van der Waals surface area (Å²) in [4.78, 5) is 24.6. The fraction of sp³-hybridized carbons (Fsp3) is 0.500. The van der Waals surface area contributed by atoms with Crippen LogP contribution >= 0.6 is 0 Å². The third-order valence-corrected chi connectivity index (χ3v) is 5.49. The standard InChI is InChI=1S/C28H42N2O3/c1-7-24(6)33-28(32)22(4)20-29-27(31)26(8-2)30-23(5)15-13-12-14-21(3)18-19-25-16-10-9-11-17-25/h9-11,13,15-19,21-22,24,26,30H,5,7-8,12,14,20H2,1-4,6H3,(H,29,31)/b15-13+,19-18+/t21?,22?,24?,26-/m1/s1. The van der Waals surface area contributed by atoms with Crippen LogP contribution in [0.3, 0.4) is 0 Å². The van der Waals surface area contributed by atoms with E-state index in [-0.39, 0.29) is 30.4 Å². The second-order valence-electron chi connectivity index (χ2n) is 8.66. The van der Waals surface area contributed by atoms with E-state index in [2.05, 4.69) is 54.5 Å². The Morgan fingerprint density at radius 1 is 1.09 bits per heavy atom. The van der Waals surface area contributed by atoms with Crippen molar-refractivity contribution in [2.75, 3.05) is 6.54 Å². The first-order valence-electron chi connectivity index (χ1n) is 12.1. The van der Waals surface area contributed by atoms with Crippen molar-refractivity contribution in [1.82, 2.24) is 10.6 Å². The fourth-order valence-electron chi connectivity index (χ4n) is 3.00. The maximum Gasteiger partial charge on any atom is 0.310 e. The lowest BCUT2D eigenvalue weighted by atomic mass is 10.0. The molecule has 4 atom stereocenters. The van der Waals surface area contributed by atoms with Crippen LogP contribution in [0, 0.1) is 11.8 Å². The Hall–Kier alpha value is -2.82. The molecule has 0 aliphatic heterocycles. The Morgan fingerprint density at radius 2 is 1.79 bits per heavy atom. The largest absolute Gasteiger partial charge is 0.462 e. The number of carbonyl (C=O) groups is 2. The third-order valence-electron chi connectivity index (χ3n) is 5.49. The van der Waals surface area contributed by atoms with Gasteiger partial charge in [-0.1, -0.05) is 82.8 Å². The quantitative estimate of drug-likeness (QED) is 0.265. The van der Waals surface area contributed by atoms with E-state index >= 15 is 0 Å². The molecule has 1 amide bonds. The van der Waals surface area contributed by atoms with Gasteiger partial charge in [-0.15, -0.1) is 0 Å². The number of ether oxygens (including phenoxy) is 1. The molecule has 0 saturated carbocycles. The van der Waals surface area contributed by atoms with Crippen LogP contribution in [-0.4, -0.2) is 30.6 Å². The summed E-state index contributed by atoms with van der Waals surface area (Å²) in [6.07, 6.45) is 11.6. The van der Waals surface area contributed by atoms with Crippen molar-refractivity contribution in [2.24, 2.45) is 11.8 Å². The Bertz CT molecular complexity index is 786. The van der Waals surface area contributed by atoms with Gasteiger partial charge in [-0.3, -0.25) is 9.59 Å². The minimum Gasteiger partial charge on any atom is -0.462 e. The molecular weight excluding hydrogens is 412 g/mol. The molecular formula is C28H42N2O3. The first-order valence-corrected chi connectivity index (χ1v) is 12.1. The summed E-state index contributed by atoms with van der Waals surface area (Å²) in [5.74, 6) is -0.346. The van der Waals surface area contributed by atoms with E-state index in [1.165, 1.54) is 5.56 Å². The molecule has 0 aliphatic carbocycles. The van der Waals surface area contributed by atoms with E-state index in [1.54, 1.807) is 6.92 Å². The maximum absolute atomic E-state index is 12.5. The number of esters is 1. The van der Waals surface area contributed by atoms with Gasteiger partial charge in [-0.2, -0.15) is 0 Å². The van der Waals surface area contributed by atoms with Crippen molar-refractivity contribution in [3.63, 3.8) is 0 Å². The Labute approximate surface area is 200 Å². The summed E-state index contributed by atoms with van der Waals surface area (Å²) in [7, 11) is 0. The van der Waals surface area contributed by atoms with Crippen LogP contribution < -0.4 is 10.6 Å². The van der Waals surface area contributed by atoms with Crippen LogP contribution in [0.5, 0.6) is 0 Å². The fourth-order valence-corrected chi connectivity index (χ4v) is 3.00. The molecule has 0 fully saturated rings. The van der Waals surface area contributed by atoms with Crippen molar-refractivity contribution in [1.29, 1.82) is 0 Å². The second-order valence-corrected chi connectivity index (χ2v) is 8.66. The van der Waals surface area contributed by atoms with Crippen LogP contribution in [0.2, 0.25) is 0 Å². The molecule has 0 spiro atoms. The van der Waals surface area contributed by atoms with Crippen molar-refractivity contribution in [3.05, 3.63) is 66.4 Å². The Kier molecular flexibility index (Phi) is 13.6. The van der Waals surface area contributed by atoms with Crippen LogP contribution in [-0.2, 0) is 14.3 Å². The van der Waals surface area contributed by atoms with Gasteiger partial charge in [-0.25, -0.2) is 0 Å². The van der Waals surface area contributed by atoms with Gasteiger partial charge in [0.15, 0.2) is 0 Å². The molecule has 0 bridgehead atoms. The number of amides is 1. The summed E-state index contributed by atoms with van der Waals surface area (Å²) in [5, 5.41) is 6.02. The van der Waals surface area contributed by atoms with Gasteiger partial charge >= 0.3 is 5.97 Å². The van der Waals surface area contributed by atoms with Gasteiger partial charge in [0, 0.05) is 12.2 Å². The monoisotopic (exact) mass is 454 g/mol. The van der Waals surface area contributed by atoms with Gasteiger partial charge in [0.1, 0.15) is 6.04 Å². The molecule has 182 valence electrons. The number of carbonyl (C=O) groups excluding carboxylic acids is 2. The van der Waals surface area contributed by atoms with Crippen LogP contribution in [0.4, 0.5) is 0 Å². The lowest BCUT2D eigenvalue weighted by Gasteiger charge is -2.20. The zero-order chi connectivity index (χ0) is 24.6. The number of allylic oxidation sites excluding steroid dienone is 3. The number of hydrogen-bond acceptors (Lipinski definition) is 4. The molecule has 5 nitrogen and oxygen atoms in total. The van der Waals surface area contributed by atoms with E-state index < -0.39 is 6.04 Å². The van der Waals surface area contributed by atoms with Crippen LogP contribution in [0.25, 0.3) is 6.08 Å². The van der Waals surface area contributed by atoms with Crippen LogP contribution in [0.15, 0.2) is 60.8 Å². The smallest absolute Gasteiger partial charge is 0.310 e. The highest BCUT2D eigenvalue weighted by atomic mass is 16.5. The number of benzene rings is 1. The minimum absolute atomic E-state index is 0.112. The zero-order valence-corrected chi connectivity index (χ0v) is 21.0. The molecule has 0 aliphatic rings. The SMILES string of the molecule is C=C(/C=C/CCC(C)/C=C/c1ccccc1)N[C@H](CC)C(=O)NCC(C)C(=O)OC(C)CC.